The van der Waals surface area contributed by atoms with Crippen molar-refractivity contribution >= 4 is 21.8 Å². The Labute approximate surface area is 75.1 Å². The zero-order valence-corrected chi connectivity index (χ0v) is 8.01. The molecular weight excluding hydrogens is 208 g/mol. The second-order valence-corrected chi connectivity index (χ2v) is 4.05. The van der Waals surface area contributed by atoms with E-state index in [2.05, 4.69) is 15.9 Å². The molecule has 0 atom stereocenters. The highest BCUT2D eigenvalue weighted by atomic mass is 79.9. The van der Waals surface area contributed by atoms with E-state index in [4.69, 9.17) is 5.73 Å². The van der Waals surface area contributed by atoms with Crippen LogP contribution in [0.25, 0.3) is 0 Å². The number of piperidine rings is 1. The van der Waals surface area contributed by atoms with Crippen molar-refractivity contribution in [2.45, 2.75) is 17.7 Å². The molecular formula is C7H13BrN2O. The monoisotopic (exact) mass is 220 g/mol. The van der Waals surface area contributed by atoms with E-state index in [-0.39, 0.29) is 12.5 Å². The van der Waals surface area contributed by atoms with Gasteiger partial charge in [0.05, 0.1) is 6.54 Å². The molecule has 0 aromatic rings. The van der Waals surface area contributed by atoms with Crippen LogP contribution in [0, 0.1) is 0 Å². The molecule has 0 aromatic carbocycles. The van der Waals surface area contributed by atoms with Crippen molar-refractivity contribution in [3.05, 3.63) is 0 Å². The number of carbonyl (C=O) groups is 1. The maximum atomic E-state index is 11.1. The maximum absolute atomic E-state index is 11.1. The molecule has 1 aliphatic heterocycles. The van der Waals surface area contributed by atoms with Gasteiger partial charge in [0.2, 0.25) is 5.91 Å². The normalized spacial score (nSPS) is 20.4. The number of alkyl halides is 1. The smallest absolute Gasteiger partial charge is 0.236 e. The van der Waals surface area contributed by atoms with Crippen molar-refractivity contribution in [2.24, 2.45) is 5.73 Å². The molecule has 4 heteroatoms. The van der Waals surface area contributed by atoms with Gasteiger partial charge in [-0.15, -0.1) is 0 Å². The van der Waals surface area contributed by atoms with E-state index in [0.717, 1.165) is 25.9 Å². The quantitative estimate of drug-likeness (QED) is 0.648. The number of halogens is 1. The van der Waals surface area contributed by atoms with Crippen LogP contribution in [0.5, 0.6) is 0 Å². The average Bonchev–Trinajstić information content (AvgIpc) is 2.05. The fourth-order valence-corrected chi connectivity index (χ4v) is 1.64. The number of amides is 1. The van der Waals surface area contributed by atoms with Crippen LogP contribution in [-0.2, 0) is 4.79 Å². The molecule has 1 fully saturated rings. The van der Waals surface area contributed by atoms with Gasteiger partial charge in [0, 0.05) is 17.9 Å². The summed E-state index contributed by atoms with van der Waals surface area (Å²) < 4.78 is 0. The molecule has 11 heavy (non-hydrogen) atoms. The third-order valence-electron chi connectivity index (χ3n) is 1.95. The standard InChI is InChI=1S/C7H13BrN2O/c8-6-1-3-10(4-2-6)7(11)5-9/h6H,1-5,9H2. The summed E-state index contributed by atoms with van der Waals surface area (Å²) in [5.41, 5.74) is 5.23. The van der Waals surface area contributed by atoms with E-state index in [0.29, 0.717) is 4.83 Å². The van der Waals surface area contributed by atoms with Crippen molar-refractivity contribution in [3.63, 3.8) is 0 Å². The molecule has 0 aromatic heterocycles. The van der Waals surface area contributed by atoms with E-state index >= 15 is 0 Å². The van der Waals surface area contributed by atoms with Gasteiger partial charge in [-0.05, 0) is 12.8 Å². The average molecular weight is 221 g/mol. The summed E-state index contributed by atoms with van der Waals surface area (Å²) >= 11 is 3.52. The first-order valence-corrected chi connectivity index (χ1v) is 4.77. The van der Waals surface area contributed by atoms with Crippen molar-refractivity contribution in [1.82, 2.24) is 4.90 Å². The lowest BCUT2D eigenvalue weighted by atomic mass is 10.1. The van der Waals surface area contributed by atoms with E-state index in [1.54, 1.807) is 0 Å². The van der Waals surface area contributed by atoms with Gasteiger partial charge in [-0.1, -0.05) is 15.9 Å². The topological polar surface area (TPSA) is 46.3 Å². The van der Waals surface area contributed by atoms with Crippen molar-refractivity contribution in [2.75, 3.05) is 19.6 Å². The zero-order valence-electron chi connectivity index (χ0n) is 6.42. The van der Waals surface area contributed by atoms with Gasteiger partial charge in [-0.25, -0.2) is 0 Å². The van der Waals surface area contributed by atoms with Gasteiger partial charge in [0.1, 0.15) is 0 Å². The predicted molar refractivity (Wildman–Crippen MR) is 47.6 cm³/mol. The molecule has 1 aliphatic rings. The Hall–Kier alpha value is -0.0900. The molecule has 0 aliphatic carbocycles. The van der Waals surface area contributed by atoms with E-state index in [1.807, 2.05) is 4.90 Å². The number of carbonyl (C=O) groups excluding carboxylic acids is 1. The van der Waals surface area contributed by atoms with Gasteiger partial charge in [-0.3, -0.25) is 4.79 Å². The number of likely N-dealkylation sites (tertiary alicyclic amines) is 1. The summed E-state index contributed by atoms with van der Waals surface area (Å²) in [7, 11) is 0. The number of nitrogens with two attached hydrogens (primary N) is 1. The SMILES string of the molecule is NCC(=O)N1CCC(Br)CC1. The third-order valence-corrected chi connectivity index (χ3v) is 2.87. The lowest BCUT2D eigenvalue weighted by Crippen LogP contribution is -2.41. The molecule has 64 valence electrons. The van der Waals surface area contributed by atoms with Crippen LogP contribution in [0.3, 0.4) is 0 Å². The lowest BCUT2D eigenvalue weighted by molar-refractivity contribution is -0.130. The first kappa shape index (κ1) is 9.00. The molecule has 0 radical (unpaired) electrons. The highest BCUT2D eigenvalue weighted by Gasteiger charge is 2.19. The minimum atomic E-state index is 0.0735. The fourth-order valence-electron chi connectivity index (χ4n) is 1.23. The molecule has 0 unspecified atom stereocenters. The Morgan fingerprint density at radius 3 is 2.55 bits per heavy atom. The second-order valence-electron chi connectivity index (χ2n) is 2.76. The summed E-state index contributed by atoms with van der Waals surface area (Å²) in [6, 6.07) is 0. The molecule has 1 rings (SSSR count). The van der Waals surface area contributed by atoms with Crippen LogP contribution >= 0.6 is 15.9 Å². The first-order valence-electron chi connectivity index (χ1n) is 3.86. The summed E-state index contributed by atoms with van der Waals surface area (Å²) in [6.45, 7) is 1.85. The molecule has 0 spiro atoms. The molecule has 2 N–H and O–H groups in total. The van der Waals surface area contributed by atoms with Gasteiger partial charge >= 0.3 is 0 Å². The number of hydrogen-bond acceptors (Lipinski definition) is 2. The van der Waals surface area contributed by atoms with E-state index in [9.17, 15) is 4.79 Å². The Morgan fingerprint density at radius 1 is 1.55 bits per heavy atom. The Morgan fingerprint density at radius 2 is 2.09 bits per heavy atom. The number of rotatable bonds is 1. The third kappa shape index (κ3) is 2.45. The number of hydrogen-bond donors (Lipinski definition) is 1. The highest BCUT2D eigenvalue weighted by molar-refractivity contribution is 9.09. The summed E-state index contributed by atoms with van der Waals surface area (Å²) in [5.74, 6) is 0.0735. The summed E-state index contributed by atoms with van der Waals surface area (Å²) in [5, 5.41) is 0. The predicted octanol–water partition coefficient (Wildman–Crippen LogP) is 0.331. The molecule has 3 nitrogen and oxygen atoms in total. The lowest BCUT2D eigenvalue weighted by Gasteiger charge is -2.29. The van der Waals surface area contributed by atoms with Crippen molar-refractivity contribution < 1.29 is 4.79 Å². The largest absolute Gasteiger partial charge is 0.342 e. The molecule has 0 bridgehead atoms. The summed E-state index contributed by atoms with van der Waals surface area (Å²) in [6.07, 6.45) is 2.09. The zero-order chi connectivity index (χ0) is 8.27. The van der Waals surface area contributed by atoms with Crippen LogP contribution in [0.4, 0.5) is 0 Å². The molecule has 1 heterocycles. The maximum Gasteiger partial charge on any atom is 0.236 e. The van der Waals surface area contributed by atoms with Gasteiger partial charge in [0.25, 0.3) is 0 Å². The van der Waals surface area contributed by atoms with Gasteiger partial charge in [-0.2, -0.15) is 0 Å². The van der Waals surface area contributed by atoms with E-state index < -0.39 is 0 Å². The van der Waals surface area contributed by atoms with Crippen molar-refractivity contribution in [1.29, 1.82) is 0 Å². The first-order chi connectivity index (χ1) is 5.24. The highest BCUT2D eigenvalue weighted by Crippen LogP contribution is 2.16. The van der Waals surface area contributed by atoms with Crippen LogP contribution in [0.15, 0.2) is 0 Å². The second kappa shape index (κ2) is 4.07. The number of nitrogens with zero attached hydrogens (tertiary/aromatic N) is 1. The van der Waals surface area contributed by atoms with Crippen LogP contribution < -0.4 is 5.73 Å². The van der Waals surface area contributed by atoms with Crippen LogP contribution in [-0.4, -0.2) is 35.3 Å². The molecule has 0 saturated carbocycles. The summed E-state index contributed by atoms with van der Waals surface area (Å²) in [4.78, 5) is 13.5. The Balaban J connectivity index is 2.33. The molecule has 1 saturated heterocycles. The fraction of sp³-hybridized carbons (Fsp3) is 0.857. The minimum Gasteiger partial charge on any atom is -0.342 e. The van der Waals surface area contributed by atoms with Crippen LogP contribution in [0.1, 0.15) is 12.8 Å². The molecule has 1 amide bonds. The van der Waals surface area contributed by atoms with Gasteiger partial charge < -0.3 is 10.6 Å². The van der Waals surface area contributed by atoms with Gasteiger partial charge in [0.15, 0.2) is 0 Å². The van der Waals surface area contributed by atoms with Crippen LogP contribution in [0.2, 0.25) is 0 Å². The van der Waals surface area contributed by atoms with Crippen molar-refractivity contribution in [3.8, 4) is 0 Å². The van der Waals surface area contributed by atoms with E-state index in [1.165, 1.54) is 0 Å². The Bertz CT molecular complexity index is 143. The minimum absolute atomic E-state index is 0.0735. The Kier molecular flexibility index (Phi) is 3.33.